The molecule has 148 valence electrons. The van der Waals surface area contributed by atoms with Crippen molar-refractivity contribution >= 4 is 47.2 Å². The molecule has 0 aliphatic rings. The number of hydrogen-bond donors (Lipinski definition) is 2. The second-order valence-electron chi connectivity index (χ2n) is 5.85. The lowest BCUT2D eigenvalue weighted by atomic mass is 10.2. The number of aryl methyl sites for hydroxylation is 1. The highest BCUT2D eigenvalue weighted by Gasteiger charge is 2.12. The van der Waals surface area contributed by atoms with E-state index in [1.165, 1.54) is 0 Å². The number of aromatic nitrogens is 1. The van der Waals surface area contributed by atoms with E-state index in [0.717, 1.165) is 29.2 Å². The van der Waals surface area contributed by atoms with Crippen LogP contribution in [0.5, 0.6) is 0 Å². The standard InChI is InChI=1S/C19H27N5OS.HI/c1-4-24(13-16-8-6-5-7-9-16)18(25)12-22-19(20-3)21-11-10-17-14-26-15(2)23-17;/h5-9,14H,4,10-13H2,1-3H3,(H2,20,21,22);1H. The number of guanidine groups is 1. The minimum atomic E-state index is 0. The maximum Gasteiger partial charge on any atom is 0.242 e. The number of amides is 1. The topological polar surface area (TPSA) is 69.6 Å². The maximum atomic E-state index is 12.5. The molecule has 0 spiro atoms. The van der Waals surface area contributed by atoms with Crippen LogP contribution in [0, 0.1) is 6.92 Å². The molecule has 0 radical (unpaired) electrons. The van der Waals surface area contributed by atoms with E-state index in [1.54, 1.807) is 18.4 Å². The number of rotatable bonds is 8. The van der Waals surface area contributed by atoms with Crippen LogP contribution in [-0.4, -0.2) is 48.4 Å². The van der Waals surface area contributed by atoms with Crippen LogP contribution in [0.1, 0.15) is 23.2 Å². The van der Waals surface area contributed by atoms with Gasteiger partial charge in [0.25, 0.3) is 0 Å². The summed E-state index contributed by atoms with van der Waals surface area (Å²) in [5.41, 5.74) is 2.20. The van der Waals surface area contributed by atoms with Gasteiger partial charge in [0.05, 0.1) is 17.2 Å². The lowest BCUT2D eigenvalue weighted by molar-refractivity contribution is -0.130. The Labute approximate surface area is 182 Å². The molecule has 1 aromatic carbocycles. The molecule has 0 saturated heterocycles. The average molecular weight is 501 g/mol. The summed E-state index contributed by atoms with van der Waals surface area (Å²) in [6, 6.07) is 10.0. The molecule has 0 unspecified atom stereocenters. The molecule has 27 heavy (non-hydrogen) atoms. The molecule has 0 atom stereocenters. The third-order valence-corrected chi connectivity index (χ3v) is 4.74. The number of carbonyl (C=O) groups is 1. The van der Waals surface area contributed by atoms with Gasteiger partial charge in [-0.3, -0.25) is 9.79 Å². The van der Waals surface area contributed by atoms with Gasteiger partial charge in [-0.2, -0.15) is 0 Å². The zero-order chi connectivity index (χ0) is 18.8. The number of hydrogen-bond acceptors (Lipinski definition) is 4. The lowest BCUT2D eigenvalue weighted by Gasteiger charge is -2.22. The third-order valence-electron chi connectivity index (χ3n) is 3.92. The predicted octanol–water partition coefficient (Wildman–Crippen LogP) is 2.83. The van der Waals surface area contributed by atoms with E-state index in [4.69, 9.17) is 0 Å². The molecule has 1 aromatic heterocycles. The van der Waals surface area contributed by atoms with E-state index in [0.29, 0.717) is 19.0 Å². The van der Waals surface area contributed by atoms with Crippen LogP contribution >= 0.6 is 35.3 Å². The number of likely N-dealkylation sites (N-methyl/N-ethyl adjacent to an activating group) is 1. The van der Waals surface area contributed by atoms with E-state index >= 15 is 0 Å². The summed E-state index contributed by atoms with van der Waals surface area (Å²) in [5, 5.41) is 9.46. The van der Waals surface area contributed by atoms with Crippen molar-refractivity contribution < 1.29 is 4.79 Å². The van der Waals surface area contributed by atoms with Gasteiger partial charge in [0.1, 0.15) is 0 Å². The normalized spacial score (nSPS) is 10.9. The monoisotopic (exact) mass is 501 g/mol. The van der Waals surface area contributed by atoms with Gasteiger partial charge in [-0.15, -0.1) is 35.3 Å². The molecule has 0 saturated carbocycles. The number of halogens is 1. The fraction of sp³-hybridized carbons (Fsp3) is 0.421. The summed E-state index contributed by atoms with van der Waals surface area (Å²) in [7, 11) is 1.70. The van der Waals surface area contributed by atoms with E-state index in [-0.39, 0.29) is 36.4 Å². The van der Waals surface area contributed by atoms with Gasteiger partial charge in [-0.05, 0) is 19.4 Å². The lowest BCUT2D eigenvalue weighted by Crippen LogP contribution is -2.44. The Balaban J connectivity index is 0.00000364. The molecule has 0 aliphatic carbocycles. The van der Waals surface area contributed by atoms with Gasteiger partial charge in [0.2, 0.25) is 5.91 Å². The second kappa shape index (κ2) is 12.7. The average Bonchev–Trinajstić information content (AvgIpc) is 3.08. The second-order valence-corrected chi connectivity index (χ2v) is 6.92. The molecule has 0 aliphatic heterocycles. The fourth-order valence-electron chi connectivity index (χ4n) is 2.50. The molecule has 2 aromatic rings. The van der Waals surface area contributed by atoms with Crippen LogP contribution in [0.2, 0.25) is 0 Å². The molecule has 0 bridgehead atoms. The number of aliphatic imine (C=N–C) groups is 1. The number of carbonyl (C=O) groups excluding carboxylic acids is 1. The summed E-state index contributed by atoms with van der Waals surface area (Å²) in [6.45, 7) is 6.22. The first-order valence-corrected chi connectivity index (χ1v) is 9.67. The van der Waals surface area contributed by atoms with Gasteiger partial charge in [0.15, 0.2) is 5.96 Å². The van der Waals surface area contributed by atoms with E-state index in [1.807, 2.05) is 49.1 Å². The third kappa shape index (κ3) is 8.25. The highest BCUT2D eigenvalue weighted by molar-refractivity contribution is 14.0. The van der Waals surface area contributed by atoms with Crippen LogP contribution in [-0.2, 0) is 17.8 Å². The van der Waals surface area contributed by atoms with E-state index in [9.17, 15) is 4.79 Å². The number of benzene rings is 1. The minimum Gasteiger partial charge on any atom is -0.356 e. The number of thiazole rings is 1. The largest absolute Gasteiger partial charge is 0.356 e. The fourth-order valence-corrected chi connectivity index (χ4v) is 3.15. The molecule has 1 amide bonds. The smallest absolute Gasteiger partial charge is 0.242 e. The minimum absolute atomic E-state index is 0. The van der Waals surface area contributed by atoms with Crippen molar-refractivity contribution in [3.8, 4) is 0 Å². The summed E-state index contributed by atoms with van der Waals surface area (Å²) in [4.78, 5) is 22.9. The van der Waals surface area contributed by atoms with E-state index < -0.39 is 0 Å². The van der Waals surface area contributed by atoms with Crippen molar-refractivity contribution in [2.24, 2.45) is 4.99 Å². The first-order chi connectivity index (χ1) is 12.6. The Morgan fingerprint density at radius 1 is 1.26 bits per heavy atom. The Hall–Kier alpha value is -1.68. The van der Waals surface area contributed by atoms with Crippen LogP contribution in [0.3, 0.4) is 0 Å². The molecular formula is C19H28IN5OS. The van der Waals surface area contributed by atoms with Crippen molar-refractivity contribution in [2.45, 2.75) is 26.8 Å². The molecule has 8 heteroatoms. The molecule has 2 rings (SSSR count). The quantitative estimate of drug-likeness (QED) is 0.332. The summed E-state index contributed by atoms with van der Waals surface area (Å²) >= 11 is 1.65. The molecule has 0 fully saturated rings. The summed E-state index contributed by atoms with van der Waals surface area (Å²) < 4.78 is 0. The van der Waals surface area contributed by atoms with Gasteiger partial charge in [-0.25, -0.2) is 4.98 Å². The molecule has 1 heterocycles. The van der Waals surface area contributed by atoms with Gasteiger partial charge < -0.3 is 15.5 Å². The van der Waals surface area contributed by atoms with Gasteiger partial charge in [-0.1, -0.05) is 30.3 Å². The van der Waals surface area contributed by atoms with Crippen LogP contribution in [0.4, 0.5) is 0 Å². The first kappa shape index (κ1) is 23.4. The Morgan fingerprint density at radius 3 is 2.59 bits per heavy atom. The molecule has 2 N–H and O–H groups in total. The maximum absolute atomic E-state index is 12.5. The predicted molar refractivity (Wildman–Crippen MR) is 123 cm³/mol. The Morgan fingerprint density at radius 2 is 2.00 bits per heavy atom. The van der Waals surface area contributed by atoms with Crippen molar-refractivity contribution in [1.82, 2.24) is 20.5 Å². The van der Waals surface area contributed by atoms with Crippen LogP contribution < -0.4 is 10.6 Å². The summed E-state index contributed by atoms with van der Waals surface area (Å²) in [6.07, 6.45) is 0.827. The van der Waals surface area contributed by atoms with Crippen LogP contribution in [0.15, 0.2) is 40.7 Å². The van der Waals surface area contributed by atoms with Crippen molar-refractivity contribution in [2.75, 3.05) is 26.7 Å². The molecule has 6 nitrogen and oxygen atoms in total. The Bertz CT molecular complexity index is 720. The van der Waals surface area contributed by atoms with Gasteiger partial charge >= 0.3 is 0 Å². The molecular weight excluding hydrogens is 473 g/mol. The van der Waals surface area contributed by atoms with Crippen molar-refractivity contribution in [3.05, 3.63) is 52.0 Å². The zero-order valence-corrected chi connectivity index (χ0v) is 19.2. The highest BCUT2D eigenvalue weighted by atomic mass is 127. The highest BCUT2D eigenvalue weighted by Crippen LogP contribution is 2.07. The Kier molecular flexibility index (Phi) is 11.0. The number of nitrogens with zero attached hydrogens (tertiary/aromatic N) is 3. The van der Waals surface area contributed by atoms with Crippen molar-refractivity contribution in [1.29, 1.82) is 0 Å². The SMILES string of the molecule is CCN(Cc1ccccc1)C(=O)CNC(=NC)NCCc1csc(C)n1.I. The first-order valence-electron chi connectivity index (χ1n) is 8.79. The summed E-state index contributed by atoms with van der Waals surface area (Å²) in [5.74, 6) is 0.676. The van der Waals surface area contributed by atoms with E-state index in [2.05, 4.69) is 26.0 Å². The number of nitrogens with one attached hydrogen (secondary N) is 2. The van der Waals surface area contributed by atoms with Crippen LogP contribution in [0.25, 0.3) is 0 Å². The van der Waals surface area contributed by atoms with Gasteiger partial charge in [0, 0.05) is 38.5 Å². The zero-order valence-electron chi connectivity index (χ0n) is 16.1. The van der Waals surface area contributed by atoms with Crippen molar-refractivity contribution in [3.63, 3.8) is 0 Å².